The summed E-state index contributed by atoms with van der Waals surface area (Å²) in [6.45, 7) is 2.10. The van der Waals surface area contributed by atoms with Gasteiger partial charge in [-0.2, -0.15) is 11.8 Å². The van der Waals surface area contributed by atoms with Gasteiger partial charge < -0.3 is 14.7 Å². The molecular formula is C15H20N2O5S2. The molecular weight excluding hydrogens is 352 g/mol. The molecule has 0 saturated heterocycles. The van der Waals surface area contributed by atoms with Gasteiger partial charge in [0.2, 0.25) is 0 Å². The molecule has 0 aliphatic carbocycles. The number of nitrogens with zero attached hydrogens (tertiary/aromatic N) is 1. The second kappa shape index (κ2) is 8.39. The van der Waals surface area contributed by atoms with Crippen molar-refractivity contribution in [3.8, 4) is 0 Å². The second-order valence-corrected chi connectivity index (χ2v) is 7.44. The Labute approximate surface area is 148 Å². The highest BCUT2D eigenvalue weighted by Crippen LogP contribution is 2.39. The first-order chi connectivity index (χ1) is 11.4. The Morgan fingerprint density at radius 3 is 2.79 bits per heavy atom. The standard InChI is InChI=1S/C15H20N2O5S2/c1-3-22-14(20)12-9-5-7-23-8-10(9)24-13(12)16-15(21)17(2)6-4-11(18)19/h3-8H2,1-2H3,(H,16,21)(H,18,19). The summed E-state index contributed by atoms with van der Waals surface area (Å²) in [5.74, 6) is 0.356. The van der Waals surface area contributed by atoms with Crippen molar-refractivity contribution >= 4 is 46.1 Å². The van der Waals surface area contributed by atoms with Gasteiger partial charge >= 0.3 is 18.0 Å². The van der Waals surface area contributed by atoms with E-state index in [9.17, 15) is 14.4 Å². The highest BCUT2D eigenvalue weighted by Gasteiger charge is 2.28. The molecule has 132 valence electrons. The Morgan fingerprint density at radius 1 is 1.38 bits per heavy atom. The number of carboxylic acid groups (broad SMARTS) is 1. The molecule has 0 bridgehead atoms. The minimum absolute atomic E-state index is 0.0941. The minimum atomic E-state index is -0.967. The molecule has 24 heavy (non-hydrogen) atoms. The van der Waals surface area contributed by atoms with Crippen molar-refractivity contribution in [3.63, 3.8) is 0 Å². The lowest BCUT2D eigenvalue weighted by molar-refractivity contribution is -0.137. The number of rotatable bonds is 6. The molecule has 0 unspecified atom stereocenters. The molecule has 1 aromatic rings. The summed E-state index contributed by atoms with van der Waals surface area (Å²) in [5, 5.41) is 11.9. The number of carbonyl (C=O) groups is 3. The molecule has 0 fully saturated rings. The number of esters is 1. The van der Waals surface area contributed by atoms with E-state index >= 15 is 0 Å². The molecule has 2 rings (SSSR count). The van der Waals surface area contributed by atoms with Crippen molar-refractivity contribution in [2.45, 2.75) is 25.5 Å². The average molecular weight is 372 g/mol. The third-order valence-electron chi connectivity index (χ3n) is 3.53. The van der Waals surface area contributed by atoms with E-state index in [-0.39, 0.29) is 19.6 Å². The number of aliphatic carboxylic acids is 1. The second-order valence-electron chi connectivity index (χ2n) is 5.23. The molecule has 0 spiro atoms. The molecule has 2 N–H and O–H groups in total. The smallest absolute Gasteiger partial charge is 0.341 e. The molecule has 7 nitrogen and oxygen atoms in total. The van der Waals surface area contributed by atoms with Crippen LogP contribution in [0.15, 0.2) is 0 Å². The molecule has 1 aliphatic heterocycles. The van der Waals surface area contributed by atoms with Crippen molar-refractivity contribution in [3.05, 3.63) is 16.0 Å². The maximum Gasteiger partial charge on any atom is 0.341 e. The van der Waals surface area contributed by atoms with Crippen molar-refractivity contribution in [2.75, 3.05) is 31.3 Å². The van der Waals surface area contributed by atoms with Crippen LogP contribution < -0.4 is 5.32 Å². The van der Waals surface area contributed by atoms with Crippen molar-refractivity contribution in [1.82, 2.24) is 4.90 Å². The normalized spacial score (nSPS) is 13.1. The number of carbonyl (C=O) groups excluding carboxylic acids is 2. The molecule has 0 radical (unpaired) electrons. The Hall–Kier alpha value is -1.74. The lowest BCUT2D eigenvalue weighted by Gasteiger charge is -2.17. The van der Waals surface area contributed by atoms with Crippen LogP contribution in [0.5, 0.6) is 0 Å². The summed E-state index contributed by atoms with van der Waals surface area (Å²) in [5.41, 5.74) is 1.40. The van der Waals surface area contributed by atoms with E-state index in [4.69, 9.17) is 9.84 Å². The van der Waals surface area contributed by atoms with E-state index in [2.05, 4.69) is 5.32 Å². The number of hydrogen-bond acceptors (Lipinski definition) is 6. The van der Waals surface area contributed by atoms with E-state index in [0.29, 0.717) is 10.6 Å². The van der Waals surface area contributed by atoms with Crippen LogP contribution in [0.3, 0.4) is 0 Å². The molecule has 0 saturated carbocycles. The average Bonchev–Trinajstić information content (AvgIpc) is 2.90. The molecule has 1 aromatic heterocycles. The lowest BCUT2D eigenvalue weighted by Crippen LogP contribution is -2.33. The summed E-state index contributed by atoms with van der Waals surface area (Å²) < 4.78 is 5.13. The predicted molar refractivity (Wildman–Crippen MR) is 94.0 cm³/mol. The van der Waals surface area contributed by atoms with Gasteiger partial charge in [-0.05, 0) is 24.7 Å². The van der Waals surface area contributed by atoms with Crippen molar-refractivity contribution < 1.29 is 24.2 Å². The van der Waals surface area contributed by atoms with Gasteiger partial charge in [0, 0.05) is 24.2 Å². The van der Waals surface area contributed by atoms with Crippen LogP contribution in [-0.2, 0) is 21.7 Å². The molecule has 2 amide bonds. The van der Waals surface area contributed by atoms with Gasteiger partial charge in [-0.15, -0.1) is 11.3 Å². The summed E-state index contributed by atoms with van der Waals surface area (Å²) in [4.78, 5) is 37.5. The maximum atomic E-state index is 12.3. The first-order valence-electron chi connectivity index (χ1n) is 7.57. The summed E-state index contributed by atoms with van der Waals surface area (Å²) >= 11 is 3.18. The fourth-order valence-corrected chi connectivity index (χ4v) is 4.66. The van der Waals surface area contributed by atoms with Crippen LogP contribution in [0.2, 0.25) is 0 Å². The van der Waals surface area contributed by atoms with E-state index < -0.39 is 18.0 Å². The minimum Gasteiger partial charge on any atom is -0.481 e. The highest BCUT2D eigenvalue weighted by atomic mass is 32.2. The molecule has 0 atom stereocenters. The van der Waals surface area contributed by atoms with Gasteiger partial charge in [0.1, 0.15) is 5.00 Å². The Bertz CT molecular complexity index is 644. The number of ether oxygens (including phenoxy) is 1. The van der Waals surface area contributed by atoms with Crippen molar-refractivity contribution in [1.29, 1.82) is 0 Å². The van der Waals surface area contributed by atoms with Gasteiger partial charge in [-0.1, -0.05) is 0 Å². The number of thiophene rings is 1. The zero-order valence-corrected chi connectivity index (χ0v) is 15.2. The molecule has 1 aliphatic rings. The van der Waals surface area contributed by atoms with Gasteiger partial charge in [-0.25, -0.2) is 9.59 Å². The summed E-state index contributed by atoms with van der Waals surface area (Å²) in [6.07, 6.45) is 0.640. The predicted octanol–water partition coefficient (Wildman–Crippen LogP) is 2.65. The van der Waals surface area contributed by atoms with E-state index in [1.165, 1.54) is 23.3 Å². The summed E-state index contributed by atoms with van der Waals surface area (Å²) in [6, 6.07) is -0.437. The van der Waals surface area contributed by atoms with E-state index in [1.54, 1.807) is 18.7 Å². The third kappa shape index (κ3) is 4.41. The van der Waals surface area contributed by atoms with Gasteiger partial charge in [0.05, 0.1) is 18.6 Å². The Balaban J connectivity index is 2.19. The Kier molecular flexibility index (Phi) is 6.50. The zero-order chi connectivity index (χ0) is 17.7. The largest absolute Gasteiger partial charge is 0.481 e. The third-order valence-corrected chi connectivity index (χ3v) is 5.84. The monoisotopic (exact) mass is 372 g/mol. The molecule has 9 heteroatoms. The van der Waals surface area contributed by atoms with Gasteiger partial charge in [0.15, 0.2) is 0 Å². The topological polar surface area (TPSA) is 95.9 Å². The number of carboxylic acids is 1. The van der Waals surface area contributed by atoms with Crippen LogP contribution in [0, 0.1) is 0 Å². The number of nitrogens with one attached hydrogen (secondary N) is 1. The number of fused-ring (bicyclic) bond motifs is 1. The fourth-order valence-electron chi connectivity index (χ4n) is 2.30. The van der Waals surface area contributed by atoms with Gasteiger partial charge in [-0.3, -0.25) is 10.1 Å². The van der Waals surface area contributed by atoms with Crippen molar-refractivity contribution in [2.24, 2.45) is 0 Å². The first-order valence-corrected chi connectivity index (χ1v) is 9.54. The lowest BCUT2D eigenvalue weighted by atomic mass is 10.1. The van der Waals surface area contributed by atoms with E-state index in [1.807, 2.05) is 0 Å². The highest BCUT2D eigenvalue weighted by molar-refractivity contribution is 7.98. The zero-order valence-electron chi connectivity index (χ0n) is 13.6. The number of anilines is 1. The van der Waals surface area contributed by atoms with Crippen LogP contribution in [0.1, 0.15) is 34.1 Å². The van der Waals surface area contributed by atoms with Crippen LogP contribution >= 0.6 is 23.1 Å². The number of amides is 2. The summed E-state index contributed by atoms with van der Waals surface area (Å²) in [7, 11) is 1.52. The number of hydrogen-bond donors (Lipinski definition) is 2. The number of thioether (sulfide) groups is 1. The first kappa shape index (κ1) is 18.6. The Morgan fingerprint density at radius 2 is 2.12 bits per heavy atom. The molecule has 2 heterocycles. The van der Waals surface area contributed by atoms with Crippen LogP contribution in [0.4, 0.5) is 9.80 Å². The molecule has 0 aromatic carbocycles. The SMILES string of the molecule is CCOC(=O)c1c(NC(=O)N(C)CCC(=O)O)sc2c1CCSC2. The van der Waals surface area contributed by atoms with Crippen LogP contribution in [0.25, 0.3) is 0 Å². The van der Waals surface area contributed by atoms with Gasteiger partial charge in [0.25, 0.3) is 0 Å². The quantitative estimate of drug-likeness (QED) is 0.745. The number of urea groups is 1. The maximum absolute atomic E-state index is 12.3. The fraction of sp³-hybridized carbons (Fsp3) is 0.533. The van der Waals surface area contributed by atoms with Crippen LogP contribution in [-0.4, -0.2) is 53.9 Å². The van der Waals surface area contributed by atoms with E-state index in [0.717, 1.165) is 28.4 Å².